The SMILES string of the molecule is C=C(C)C(=O)OCC(F)(F)C(F)(F)C(F)(F)F.OCC(F)(F)C(F)(F)C(F)(F)F. The van der Waals surface area contributed by atoms with Gasteiger partial charge in [-0.15, -0.1) is 0 Å². The van der Waals surface area contributed by atoms with E-state index in [0.29, 0.717) is 0 Å². The van der Waals surface area contributed by atoms with Gasteiger partial charge in [0, 0.05) is 5.57 Å². The number of carbonyl (C=O) groups excluding carboxylic acids is 1. The summed E-state index contributed by atoms with van der Waals surface area (Å²) in [5.41, 5.74) is -0.406. The summed E-state index contributed by atoms with van der Waals surface area (Å²) in [4.78, 5) is 10.6. The van der Waals surface area contributed by atoms with Gasteiger partial charge in [0.25, 0.3) is 0 Å². The molecule has 174 valence electrons. The van der Waals surface area contributed by atoms with E-state index in [-0.39, 0.29) is 0 Å². The van der Waals surface area contributed by atoms with Crippen LogP contribution in [0.25, 0.3) is 0 Å². The van der Waals surface area contributed by atoms with Crippen molar-refractivity contribution < 1.29 is 76.1 Å². The monoisotopic (exact) mass is 468 g/mol. The minimum Gasteiger partial charge on any atom is -0.456 e. The second-order valence-electron chi connectivity index (χ2n) is 5.07. The lowest BCUT2D eigenvalue weighted by Gasteiger charge is -2.27. The Bertz CT molecular complexity index is 575. The van der Waals surface area contributed by atoms with Crippen molar-refractivity contribution in [3.05, 3.63) is 12.2 Å². The van der Waals surface area contributed by atoms with Crippen molar-refractivity contribution in [2.75, 3.05) is 13.2 Å². The third-order valence-corrected chi connectivity index (χ3v) is 2.56. The van der Waals surface area contributed by atoms with E-state index in [0.717, 1.165) is 6.92 Å². The van der Waals surface area contributed by atoms with Gasteiger partial charge in [0.2, 0.25) is 0 Å². The van der Waals surface area contributed by atoms with Crippen LogP contribution in [0, 0.1) is 0 Å². The molecule has 0 saturated heterocycles. The molecule has 0 unspecified atom stereocenters. The lowest BCUT2D eigenvalue weighted by molar-refractivity contribution is -0.359. The summed E-state index contributed by atoms with van der Waals surface area (Å²) in [6.45, 7) is -0.986. The van der Waals surface area contributed by atoms with E-state index >= 15 is 0 Å². The number of aliphatic hydroxyl groups is 1. The summed E-state index contributed by atoms with van der Waals surface area (Å²) in [5.74, 6) is -25.0. The topological polar surface area (TPSA) is 46.5 Å². The number of hydrogen-bond acceptors (Lipinski definition) is 3. The van der Waals surface area contributed by atoms with Gasteiger partial charge in [-0.2, -0.15) is 61.5 Å². The van der Waals surface area contributed by atoms with Gasteiger partial charge in [0.1, 0.15) is 6.61 Å². The molecule has 0 saturated carbocycles. The van der Waals surface area contributed by atoms with Crippen molar-refractivity contribution in [2.45, 2.75) is 43.0 Å². The maximum Gasteiger partial charge on any atom is 0.460 e. The fourth-order valence-corrected chi connectivity index (χ4v) is 0.884. The molecule has 0 amide bonds. The minimum atomic E-state index is -6.44. The number of alkyl halides is 14. The zero-order chi connectivity index (χ0) is 24.3. The second-order valence-corrected chi connectivity index (χ2v) is 5.07. The summed E-state index contributed by atoms with van der Waals surface area (Å²) in [5, 5.41) is 7.56. The molecule has 0 aromatic heterocycles. The van der Waals surface area contributed by atoms with Crippen LogP contribution in [-0.4, -0.2) is 60.3 Å². The van der Waals surface area contributed by atoms with E-state index in [4.69, 9.17) is 5.11 Å². The predicted octanol–water partition coefficient (Wildman–Crippen LogP) is 4.75. The van der Waals surface area contributed by atoms with Crippen molar-refractivity contribution in [1.82, 2.24) is 0 Å². The van der Waals surface area contributed by atoms with Gasteiger partial charge in [0.05, 0.1) is 0 Å². The number of hydrogen-bond donors (Lipinski definition) is 1. The molecule has 3 nitrogen and oxygen atoms in total. The van der Waals surface area contributed by atoms with Gasteiger partial charge in [-0.25, -0.2) is 4.79 Å². The Morgan fingerprint density at radius 1 is 0.759 bits per heavy atom. The highest BCUT2D eigenvalue weighted by molar-refractivity contribution is 5.86. The minimum absolute atomic E-state index is 0.406. The first-order valence-corrected chi connectivity index (χ1v) is 6.47. The van der Waals surface area contributed by atoms with Crippen LogP contribution in [0.2, 0.25) is 0 Å². The highest BCUT2D eigenvalue weighted by atomic mass is 19.4. The van der Waals surface area contributed by atoms with Gasteiger partial charge in [-0.05, 0) is 6.92 Å². The van der Waals surface area contributed by atoms with Gasteiger partial charge in [-0.3, -0.25) is 0 Å². The Morgan fingerprint density at radius 2 is 1.07 bits per heavy atom. The summed E-state index contributed by atoms with van der Waals surface area (Å²) < 4.78 is 168. The Labute approximate surface area is 151 Å². The molecular weight excluding hydrogens is 458 g/mol. The largest absolute Gasteiger partial charge is 0.460 e. The van der Waals surface area contributed by atoms with Crippen LogP contribution in [-0.2, 0) is 9.53 Å². The zero-order valence-corrected chi connectivity index (χ0v) is 13.7. The number of aliphatic hydroxyl groups excluding tert-OH is 1. The fraction of sp³-hybridized carbons (Fsp3) is 0.750. The van der Waals surface area contributed by atoms with E-state index in [2.05, 4.69) is 11.3 Å². The van der Waals surface area contributed by atoms with Gasteiger partial charge < -0.3 is 9.84 Å². The number of ether oxygens (including phenoxy) is 1. The Morgan fingerprint density at radius 3 is 1.28 bits per heavy atom. The molecule has 0 fully saturated rings. The first kappa shape index (κ1) is 29.4. The Hall–Kier alpha value is -1.81. The summed E-state index contributed by atoms with van der Waals surface area (Å²) in [6.07, 6.45) is -12.8. The molecule has 0 aromatic rings. The van der Waals surface area contributed by atoms with Crippen LogP contribution >= 0.6 is 0 Å². The second kappa shape index (κ2) is 8.91. The lowest BCUT2D eigenvalue weighted by Crippen LogP contribution is -2.54. The molecule has 0 spiro atoms. The number of rotatable bonds is 6. The quantitative estimate of drug-likeness (QED) is 0.348. The van der Waals surface area contributed by atoms with E-state index < -0.39 is 60.8 Å². The molecule has 0 aliphatic rings. The van der Waals surface area contributed by atoms with Crippen molar-refractivity contribution in [3.63, 3.8) is 0 Å². The average molecular weight is 468 g/mol. The molecule has 17 heteroatoms. The summed E-state index contributed by atoms with van der Waals surface area (Å²) in [7, 11) is 0. The van der Waals surface area contributed by atoms with Crippen LogP contribution < -0.4 is 0 Å². The molecule has 0 aliphatic heterocycles. The third kappa shape index (κ3) is 6.88. The van der Waals surface area contributed by atoms with Crippen LogP contribution in [0.5, 0.6) is 0 Å². The highest BCUT2D eigenvalue weighted by Crippen LogP contribution is 2.47. The standard InChI is InChI=1S/C8H7F7O2.C4H3F7O/c1-4(2)5(16)17-3-6(9,10)7(11,12)8(13,14)15;5-2(6,1-12)3(7,8)4(9,10)11/h1,3H2,2H3;12H,1H2. The molecule has 0 aliphatic carbocycles. The normalized spacial score (nSPS) is 14.1. The molecule has 0 atom stereocenters. The third-order valence-electron chi connectivity index (χ3n) is 2.56. The first-order chi connectivity index (χ1) is 12.4. The molecule has 0 rings (SSSR count). The summed E-state index contributed by atoms with van der Waals surface area (Å²) in [6, 6.07) is 0. The lowest BCUT2D eigenvalue weighted by atomic mass is 10.2. The predicted molar refractivity (Wildman–Crippen MR) is 64.8 cm³/mol. The molecule has 0 bridgehead atoms. The number of esters is 1. The molecule has 29 heavy (non-hydrogen) atoms. The molecule has 1 N–H and O–H groups in total. The fourth-order valence-electron chi connectivity index (χ4n) is 0.884. The van der Waals surface area contributed by atoms with Crippen LogP contribution in [0.15, 0.2) is 12.2 Å². The molecule has 0 radical (unpaired) electrons. The highest BCUT2D eigenvalue weighted by Gasteiger charge is 2.74. The molecule has 0 heterocycles. The molecule has 0 aromatic carbocycles. The van der Waals surface area contributed by atoms with Gasteiger partial charge in [0.15, 0.2) is 6.61 Å². The summed E-state index contributed by atoms with van der Waals surface area (Å²) >= 11 is 0. The van der Waals surface area contributed by atoms with Crippen LogP contribution in [0.4, 0.5) is 61.5 Å². The Balaban J connectivity index is 0. The Kier molecular flexibility index (Phi) is 9.03. The average Bonchev–Trinajstić information content (AvgIpc) is 2.50. The van der Waals surface area contributed by atoms with Crippen molar-refractivity contribution in [1.29, 1.82) is 0 Å². The number of carbonyl (C=O) groups is 1. The van der Waals surface area contributed by atoms with Crippen LogP contribution in [0.1, 0.15) is 6.92 Å². The smallest absolute Gasteiger partial charge is 0.456 e. The first-order valence-electron chi connectivity index (χ1n) is 6.47. The van der Waals surface area contributed by atoms with Crippen molar-refractivity contribution in [2.24, 2.45) is 0 Å². The van der Waals surface area contributed by atoms with Crippen molar-refractivity contribution in [3.8, 4) is 0 Å². The van der Waals surface area contributed by atoms with Gasteiger partial charge in [-0.1, -0.05) is 6.58 Å². The van der Waals surface area contributed by atoms with E-state index in [1.165, 1.54) is 0 Å². The maximum absolute atomic E-state index is 12.5. The molecular formula is C12H10F14O3. The van der Waals surface area contributed by atoms with E-state index in [1.807, 2.05) is 0 Å². The van der Waals surface area contributed by atoms with Crippen molar-refractivity contribution >= 4 is 5.97 Å². The van der Waals surface area contributed by atoms with Gasteiger partial charge >= 0.3 is 42.0 Å². The van der Waals surface area contributed by atoms with E-state index in [1.54, 1.807) is 0 Å². The maximum atomic E-state index is 12.5. The van der Waals surface area contributed by atoms with Crippen LogP contribution in [0.3, 0.4) is 0 Å². The van der Waals surface area contributed by atoms with E-state index in [9.17, 15) is 66.3 Å². The number of halogens is 14. The zero-order valence-electron chi connectivity index (χ0n) is 13.7.